The molecule has 15 heavy (non-hydrogen) atoms. The molecule has 90 valence electrons. The van der Waals surface area contributed by atoms with Gasteiger partial charge in [0.25, 0.3) is 0 Å². The van der Waals surface area contributed by atoms with Gasteiger partial charge in [-0.3, -0.25) is 0 Å². The Morgan fingerprint density at radius 2 is 2.13 bits per heavy atom. The van der Waals surface area contributed by atoms with Crippen molar-refractivity contribution in [2.45, 2.75) is 45.3 Å². The Balaban J connectivity index is 2.19. The average Bonchev–Trinajstić information content (AvgIpc) is 2.21. The Hall–Kier alpha value is -0.120. The van der Waals surface area contributed by atoms with Gasteiger partial charge in [-0.15, -0.1) is 0 Å². The lowest BCUT2D eigenvalue weighted by atomic mass is 9.98. The molecule has 0 bridgehead atoms. The van der Waals surface area contributed by atoms with Gasteiger partial charge in [0.1, 0.15) is 0 Å². The van der Waals surface area contributed by atoms with E-state index in [1.807, 2.05) is 0 Å². The van der Waals surface area contributed by atoms with Crippen molar-refractivity contribution in [1.82, 2.24) is 5.32 Å². The molecule has 1 N–H and O–H groups in total. The van der Waals surface area contributed by atoms with Crippen LogP contribution in [-0.4, -0.2) is 38.5 Å². The second-order valence-corrected chi connectivity index (χ2v) is 5.09. The van der Waals surface area contributed by atoms with Gasteiger partial charge < -0.3 is 14.8 Å². The van der Waals surface area contributed by atoms with Crippen LogP contribution in [-0.2, 0) is 9.47 Å². The minimum absolute atomic E-state index is 0.0594. The first kappa shape index (κ1) is 12.9. The summed E-state index contributed by atoms with van der Waals surface area (Å²) in [6.07, 6.45) is 2.52. The highest BCUT2D eigenvalue weighted by atomic mass is 16.5. The fraction of sp³-hybridized carbons (Fsp3) is 1.00. The lowest BCUT2D eigenvalue weighted by Gasteiger charge is -2.31. The Bertz CT molecular complexity index is 182. The normalized spacial score (nSPS) is 28.0. The number of rotatable bonds is 5. The predicted octanol–water partition coefficient (Wildman–Crippen LogP) is 1.82. The molecule has 3 heteroatoms. The third-order valence-electron chi connectivity index (χ3n) is 3.30. The van der Waals surface area contributed by atoms with E-state index in [-0.39, 0.29) is 5.60 Å². The molecule has 0 aromatic heterocycles. The van der Waals surface area contributed by atoms with E-state index in [4.69, 9.17) is 9.47 Å². The number of nitrogens with one attached hydrogen (secondary N) is 1. The van der Waals surface area contributed by atoms with Gasteiger partial charge >= 0.3 is 0 Å². The minimum Gasteiger partial charge on any atom is -0.379 e. The van der Waals surface area contributed by atoms with E-state index in [1.54, 1.807) is 7.11 Å². The summed E-state index contributed by atoms with van der Waals surface area (Å²) in [5, 5.41) is 3.38. The standard InChI is InChI=1S/C12H25NO2/c1-10-9-13-7-5-11(10)15-8-6-12(2,3)14-4/h10-11,13H,5-9H2,1-4H3. The molecule has 2 unspecified atom stereocenters. The molecule has 0 saturated carbocycles. The van der Waals surface area contributed by atoms with Gasteiger partial charge in [0, 0.05) is 20.3 Å². The highest BCUT2D eigenvalue weighted by molar-refractivity contribution is 4.76. The topological polar surface area (TPSA) is 30.5 Å². The zero-order valence-corrected chi connectivity index (χ0v) is 10.5. The van der Waals surface area contributed by atoms with E-state index in [0.29, 0.717) is 12.0 Å². The molecule has 2 atom stereocenters. The molecule has 1 saturated heterocycles. The minimum atomic E-state index is -0.0594. The lowest BCUT2D eigenvalue weighted by Crippen LogP contribution is -2.40. The quantitative estimate of drug-likeness (QED) is 0.759. The summed E-state index contributed by atoms with van der Waals surface area (Å²) in [5.74, 6) is 0.629. The molecular formula is C12H25NO2. The molecular weight excluding hydrogens is 190 g/mol. The zero-order chi connectivity index (χ0) is 11.3. The molecule has 1 aliphatic heterocycles. The van der Waals surface area contributed by atoms with Crippen molar-refractivity contribution in [3.05, 3.63) is 0 Å². The first-order valence-electron chi connectivity index (χ1n) is 5.92. The van der Waals surface area contributed by atoms with Crippen molar-refractivity contribution in [2.24, 2.45) is 5.92 Å². The smallest absolute Gasteiger partial charge is 0.0644 e. The van der Waals surface area contributed by atoms with Gasteiger partial charge in [-0.2, -0.15) is 0 Å². The highest BCUT2D eigenvalue weighted by Crippen LogP contribution is 2.17. The van der Waals surface area contributed by atoms with Crippen LogP contribution >= 0.6 is 0 Å². The number of hydrogen-bond acceptors (Lipinski definition) is 3. The Kier molecular flexibility index (Phi) is 5.03. The molecule has 1 aliphatic rings. The summed E-state index contributed by atoms with van der Waals surface area (Å²) >= 11 is 0. The van der Waals surface area contributed by atoms with Crippen LogP contribution in [0, 0.1) is 5.92 Å². The fourth-order valence-corrected chi connectivity index (χ4v) is 1.80. The third kappa shape index (κ3) is 4.49. The largest absolute Gasteiger partial charge is 0.379 e. The average molecular weight is 215 g/mol. The monoisotopic (exact) mass is 215 g/mol. The van der Waals surface area contributed by atoms with E-state index in [9.17, 15) is 0 Å². The maximum Gasteiger partial charge on any atom is 0.0644 e. The first-order chi connectivity index (χ1) is 7.05. The second-order valence-electron chi connectivity index (χ2n) is 5.09. The molecule has 1 fully saturated rings. The van der Waals surface area contributed by atoms with Crippen LogP contribution in [0.15, 0.2) is 0 Å². The van der Waals surface area contributed by atoms with Crippen molar-refractivity contribution in [3.8, 4) is 0 Å². The summed E-state index contributed by atoms with van der Waals surface area (Å²) in [6.45, 7) is 9.42. The summed E-state index contributed by atoms with van der Waals surface area (Å²) in [6, 6.07) is 0. The first-order valence-corrected chi connectivity index (χ1v) is 5.92. The molecule has 0 spiro atoms. The molecule has 0 radical (unpaired) electrons. The van der Waals surface area contributed by atoms with E-state index in [1.165, 1.54) is 0 Å². The van der Waals surface area contributed by atoms with Gasteiger partial charge in [0.15, 0.2) is 0 Å². The molecule has 0 aromatic carbocycles. The van der Waals surface area contributed by atoms with Crippen LogP contribution in [0.2, 0.25) is 0 Å². The number of piperidine rings is 1. The van der Waals surface area contributed by atoms with Crippen LogP contribution in [0.3, 0.4) is 0 Å². The number of hydrogen-bond donors (Lipinski definition) is 1. The number of ether oxygens (including phenoxy) is 2. The SMILES string of the molecule is COC(C)(C)CCOC1CCNCC1C. The van der Waals surface area contributed by atoms with E-state index in [2.05, 4.69) is 26.1 Å². The molecule has 3 nitrogen and oxygen atoms in total. The Morgan fingerprint density at radius 1 is 1.40 bits per heavy atom. The lowest BCUT2D eigenvalue weighted by molar-refractivity contribution is -0.0453. The van der Waals surface area contributed by atoms with Crippen LogP contribution in [0.4, 0.5) is 0 Å². The summed E-state index contributed by atoms with van der Waals surface area (Å²) in [7, 11) is 1.76. The molecule has 1 rings (SSSR count). The summed E-state index contributed by atoms with van der Waals surface area (Å²) in [5.41, 5.74) is -0.0594. The van der Waals surface area contributed by atoms with Gasteiger partial charge in [-0.05, 0) is 39.2 Å². The second kappa shape index (κ2) is 5.83. The van der Waals surface area contributed by atoms with E-state index < -0.39 is 0 Å². The van der Waals surface area contributed by atoms with E-state index in [0.717, 1.165) is 32.5 Å². The Labute approximate surface area is 93.5 Å². The molecule has 0 aromatic rings. The zero-order valence-electron chi connectivity index (χ0n) is 10.5. The van der Waals surface area contributed by atoms with Gasteiger partial charge in [0.2, 0.25) is 0 Å². The van der Waals surface area contributed by atoms with Crippen LogP contribution in [0.5, 0.6) is 0 Å². The molecule has 0 amide bonds. The van der Waals surface area contributed by atoms with Crippen molar-refractivity contribution < 1.29 is 9.47 Å². The Morgan fingerprint density at radius 3 is 2.73 bits per heavy atom. The predicted molar refractivity (Wildman–Crippen MR) is 62.1 cm³/mol. The maximum atomic E-state index is 5.91. The van der Waals surface area contributed by atoms with Gasteiger partial charge in [0.05, 0.1) is 11.7 Å². The molecule has 1 heterocycles. The van der Waals surface area contributed by atoms with Crippen LogP contribution < -0.4 is 5.32 Å². The number of methoxy groups -OCH3 is 1. The van der Waals surface area contributed by atoms with Crippen LogP contribution in [0.1, 0.15) is 33.6 Å². The third-order valence-corrected chi connectivity index (χ3v) is 3.30. The van der Waals surface area contributed by atoms with Crippen molar-refractivity contribution in [1.29, 1.82) is 0 Å². The summed E-state index contributed by atoms with van der Waals surface area (Å²) in [4.78, 5) is 0. The van der Waals surface area contributed by atoms with Crippen molar-refractivity contribution in [2.75, 3.05) is 26.8 Å². The highest BCUT2D eigenvalue weighted by Gasteiger charge is 2.23. The van der Waals surface area contributed by atoms with Crippen molar-refractivity contribution >= 4 is 0 Å². The summed E-state index contributed by atoms with van der Waals surface area (Å²) < 4.78 is 11.3. The van der Waals surface area contributed by atoms with E-state index >= 15 is 0 Å². The molecule has 0 aliphatic carbocycles. The van der Waals surface area contributed by atoms with Crippen LogP contribution in [0.25, 0.3) is 0 Å². The van der Waals surface area contributed by atoms with Gasteiger partial charge in [-0.1, -0.05) is 6.92 Å². The van der Waals surface area contributed by atoms with Crippen molar-refractivity contribution in [3.63, 3.8) is 0 Å². The fourth-order valence-electron chi connectivity index (χ4n) is 1.80. The van der Waals surface area contributed by atoms with Gasteiger partial charge in [-0.25, -0.2) is 0 Å². The maximum absolute atomic E-state index is 5.91.